The number of benzene rings is 1. The Hall–Kier alpha value is -0.790. The fraction of sp³-hybridized carbons (Fsp3) is 0.647. The molecule has 2 saturated heterocycles. The fourth-order valence-electron chi connectivity index (χ4n) is 3.48. The molecule has 0 aromatic heterocycles. The zero-order chi connectivity index (χ0) is 17.2. The van der Waals surface area contributed by atoms with Crippen LogP contribution < -0.4 is 4.90 Å². The molecular weight excluding hydrogens is 385 g/mol. The molecule has 2 aliphatic rings. The van der Waals surface area contributed by atoms with Crippen molar-refractivity contribution in [1.29, 1.82) is 0 Å². The number of hydrogen-bond donors (Lipinski definition) is 0. The van der Waals surface area contributed by atoms with Gasteiger partial charge in [0.05, 0.1) is 19.1 Å². The molecule has 0 radical (unpaired) electrons. The highest BCUT2D eigenvalue weighted by atomic mass is 79.9. The molecule has 7 heteroatoms. The lowest BCUT2D eigenvalue weighted by molar-refractivity contribution is -0.187. The van der Waals surface area contributed by atoms with Crippen molar-refractivity contribution in [3.8, 4) is 0 Å². The lowest BCUT2D eigenvalue weighted by atomic mass is 9.97. The molecule has 2 fully saturated rings. The summed E-state index contributed by atoms with van der Waals surface area (Å²) in [5, 5.41) is 0. The van der Waals surface area contributed by atoms with Crippen molar-refractivity contribution in [2.45, 2.75) is 25.6 Å². The summed E-state index contributed by atoms with van der Waals surface area (Å²) in [5.74, 6) is -1.20. The van der Waals surface area contributed by atoms with E-state index < -0.39 is 12.1 Å². The molecule has 3 nitrogen and oxygen atoms in total. The second-order valence-corrected chi connectivity index (χ2v) is 7.40. The van der Waals surface area contributed by atoms with E-state index in [9.17, 15) is 13.2 Å². The van der Waals surface area contributed by atoms with Gasteiger partial charge in [-0.25, -0.2) is 0 Å². The highest BCUT2D eigenvalue weighted by Gasteiger charge is 2.41. The third kappa shape index (κ3) is 4.43. The molecule has 1 aromatic carbocycles. The minimum atomic E-state index is -4.09. The van der Waals surface area contributed by atoms with Gasteiger partial charge in [-0.2, -0.15) is 13.2 Å². The van der Waals surface area contributed by atoms with Gasteiger partial charge in [-0.15, -0.1) is 0 Å². The van der Waals surface area contributed by atoms with Gasteiger partial charge in [0.1, 0.15) is 0 Å². The van der Waals surface area contributed by atoms with Crippen LogP contribution in [-0.2, 0) is 11.3 Å². The molecule has 1 unspecified atom stereocenters. The van der Waals surface area contributed by atoms with Crippen LogP contribution >= 0.6 is 15.9 Å². The van der Waals surface area contributed by atoms with E-state index in [1.807, 2.05) is 17.0 Å². The maximum atomic E-state index is 13.0. The van der Waals surface area contributed by atoms with Crippen molar-refractivity contribution in [2.24, 2.45) is 5.92 Å². The number of rotatable bonds is 3. The Kier molecular flexibility index (Phi) is 5.72. The molecule has 2 aliphatic heterocycles. The van der Waals surface area contributed by atoms with E-state index in [4.69, 9.17) is 4.74 Å². The first-order chi connectivity index (χ1) is 11.4. The first-order valence-corrected chi connectivity index (χ1v) is 9.13. The van der Waals surface area contributed by atoms with Crippen molar-refractivity contribution in [3.63, 3.8) is 0 Å². The van der Waals surface area contributed by atoms with Crippen molar-refractivity contribution >= 4 is 21.6 Å². The zero-order valence-electron chi connectivity index (χ0n) is 13.5. The van der Waals surface area contributed by atoms with E-state index in [2.05, 4.69) is 26.9 Å². The molecule has 0 N–H and O–H groups in total. The van der Waals surface area contributed by atoms with Gasteiger partial charge in [0.25, 0.3) is 0 Å². The number of morpholine rings is 1. The van der Waals surface area contributed by atoms with Gasteiger partial charge in [0.15, 0.2) is 0 Å². The monoisotopic (exact) mass is 406 g/mol. The van der Waals surface area contributed by atoms with Crippen LogP contribution in [0, 0.1) is 5.92 Å². The van der Waals surface area contributed by atoms with E-state index in [0.29, 0.717) is 26.2 Å². The smallest absolute Gasteiger partial charge is 0.378 e. The first kappa shape index (κ1) is 18.0. The van der Waals surface area contributed by atoms with Crippen LogP contribution in [-0.4, -0.2) is 50.5 Å². The maximum Gasteiger partial charge on any atom is 0.393 e. The molecule has 0 spiro atoms. The first-order valence-electron chi connectivity index (χ1n) is 8.33. The average molecular weight is 407 g/mol. The van der Waals surface area contributed by atoms with Gasteiger partial charge in [-0.1, -0.05) is 22.0 Å². The summed E-state index contributed by atoms with van der Waals surface area (Å²) in [5.41, 5.74) is 2.18. The van der Waals surface area contributed by atoms with Crippen LogP contribution in [0.1, 0.15) is 18.4 Å². The Bertz CT molecular complexity index is 561. The Labute approximate surface area is 148 Å². The highest BCUT2D eigenvalue weighted by molar-refractivity contribution is 9.10. The normalized spacial score (nSPS) is 23.5. The van der Waals surface area contributed by atoms with Gasteiger partial charge >= 0.3 is 6.18 Å². The summed E-state index contributed by atoms with van der Waals surface area (Å²) in [6, 6.07) is 6.04. The van der Waals surface area contributed by atoms with E-state index in [-0.39, 0.29) is 13.0 Å². The van der Waals surface area contributed by atoms with Crippen molar-refractivity contribution < 1.29 is 17.9 Å². The quantitative estimate of drug-likeness (QED) is 0.752. The molecule has 2 heterocycles. The van der Waals surface area contributed by atoms with Crippen LogP contribution in [0.4, 0.5) is 18.9 Å². The Morgan fingerprint density at radius 1 is 1.17 bits per heavy atom. The lowest BCUT2D eigenvalue weighted by Crippen LogP contribution is -2.42. The Balaban J connectivity index is 1.74. The number of likely N-dealkylation sites (tertiary alicyclic amines) is 1. The second-order valence-electron chi connectivity index (χ2n) is 6.49. The Morgan fingerprint density at radius 2 is 1.92 bits per heavy atom. The summed E-state index contributed by atoms with van der Waals surface area (Å²) in [7, 11) is 0. The number of alkyl halides is 3. The number of anilines is 1. The molecule has 0 bridgehead atoms. The van der Waals surface area contributed by atoms with Gasteiger partial charge in [0, 0.05) is 36.3 Å². The minimum absolute atomic E-state index is 0.0993. The standard InChI is InChI=1S/C17H22BrF3N2O/c18-15-4-3-13(16(10-15)23-6-8-24-9-7-23)11-22-5-1-2-14(12-22)17(19,20)21/h3-4,10,14H,1-2,5-9,11-12H2. The average Bonchev–Trinajstić information content (AvgIpc) is 2.57. The lowest BCUT2D eigenvalue weighted by Gasteiger charge is -2.36. The van der Waals surface area contributed by atoms with Gasteiger partial charge in [-0.3, -0.25) is 4.90 Å². The van der Waals surface area contributed by atoms with E-state index in [0.717, 1.165) is 35.4 Å². The topological polar surface area (TPSA) is 15.7 Å². The molecule has 24 heavy (non-hydrogen) atoms. The Morgan fingerprint density at radius 3 is 2.62 bits per heavy atom. The summed E-state index contributed by atoms with van der Waals surface area (Å²) in [6.07, 6.45) is -3.24. The molecule has 0 amide bonds. The van der Waals surface area contributed by atoms with Crippen molar-refractivity contribution in [2.75, 3.05) is 44.3 Å². The van der Waals surface area contributed by atoms with Gasteiger partial charge in [0.2, 0.25) is 0 Å². The summed E-state index contributed by atoms with van der Waals surface area (Å²) >= 11 is 3.50. The third-order valence-corrected chi connectivity index (χ3v) is 5.25. The SMILES string of the molecule is FC(F)(F)C1CCCN(Cc2ccc(Br)cc2N2CCOCC2)C1. The van der Waals surface area contributed by atoms with Crippen LogP contribution in [0.3, 0.4) is 0 Å². The molecule has 134 valence electrons. The largest absolute Gasteiger partial charge is 0.393 e. The third-order valence-electron chi connectivity index (χ3n) is 4.76. The second kappa shape index (κ2) is 7.62. The van der Waals surface area contributed by atoms with E-state index in [1.54, 1.807) is 0 Å². The zero-order valence-corrected chi connectivity index (χ0v) is 15.1. The van der Waals surface area contributed by atoms with E-state index in [1.165, 1.54) is 0 Å². The van der Waals surface area contributed by atoms with Gasteiger partial charge in [-0.05, 0) is 37.1 Å². The highest BCUT2D eigenvalue weighted by Crippen LogP contribution is 2.34. The number of piperidine rings is 1. The number of halogens is 4. The predicted molar refractivity (Wildman–Crippen MR) is 91.2 cm³/mol. The van der Waals surface area contributed by atoms with Crippen LogP contribution in [0.15, 0.2) is 22.7 Å². The molecule has 0 saturated carbocycles. The van der Waals surface area contributed by atoms with Crippen LogP contribution in [0.2, 0.25) is 0 Å². The van der Waals surface area contributed by atoms with Crippen molar-refractivity contribution in [3.05, 3.63) is 28.2 Å². The number of hydrogen-bond acceptors (Lipinski definition) is 3. The van der Waals surface area contributed by atoms with E-state index >= 15 is 0 Å². The fourth-order valence-corrected chi connectivity index (χ4v) is 3.83. The predicted octanol–water partition coefficient (Wildman–Crippen LogP) is 4.06. The molecular formula is C17H22BrF3N2O. The summed E-state index contributed by atoms with van der Waals surface area (Å²) < 4.78 is 45.5. The summed E-state index contributed by atoms with van der Waals surface area (Å²) in [6.45, 7) is 4.39. The summed E-state index contributed by atoms with van der Waals surface area (Å²) in [4.78, 5) is 4.20. The molecule has 0 aliphatic carbocycles. The molecule has 1 atom stereocenters. The maximum absolute atomic E-state index is 13.0. The van der Waals surface area contributed by atoms with Crippen molar-refractivity contribution in [1.82, 2.24) is 4.90 Å². The molecule has 3 rings (SSSR count). The molecule has 1 aromatic rings. The van der Waals surface area contributed by atoms with Crippen LogP contribution in [0.5, 0.6) is 0 Å². The number of nitrogens with zero attached hydrogens (tertiary/aromatic N) is 2. The van der Waals surface area contributed by atoms with Gasteiger partial charge < -0.3 is 9.64 Å². The minimum Gasteiger partial charge on any atom is -0.378 e. The number of ether oxygens (including phenoxy) is 1. The van der Waals surface area contributed by atoms with Crippen LogP contribution in [0.25, 0.3) is 0 Å².